The van der Waals surface area contributed by atoms with Crippen molar-refractivity contribution in [3.8, 4) is 5.69 Å². The number of benzene rings is 1. The van der Waals surface area contributed by atoms with Crippen molar-refractivity contribution in [2.24, 2.45) is 0 Å². The smallest absolute Gasteiger partial charge is 0.349 e. The molecule has 0 saturated carbocycles. The maximum absolute atomic E-state index is 13.7. The number of rotatable bonds is 3. The molecule has 0 radical (unpaired) electrons. The molecule has 0 aliphatic carbocycles. The number of nitrogens with zero attached hydrogens (tertiary/aromatic N) is 2. The van der Waals surface area contributed by atoms with Gasteiger partial charge in [0.1, 0.15) is 0 Å². The number of piperidine rings is 1. The molecule has 3 heterocycles. The molecule has 0 spiro atoms. The summed E-state index contributed by atoms with van der Waals surface area (Å²) < 4.78 is 41.8. The summed E-state index contributed by atoms with van der Waals surface area (Å²) in [6.07, 6.45) is -0.207. The third-order valence-electron chi connectivity index (χ3n) is 5.16. The Balaban J connectivity index is 0.00000225. The number of halogens is 5. The highest BCUT2D eigenvalue weighted by molar-refractivity contribution is 6.30. The zero-order valence-electron chi connectivity index (χ0n) is 14.7. The molecule has 2 aliphatic rings. The standard InChI is InChI=1S/C18H18ClF3N4O.ClH/c19-10-1-5-14(6-2-10)26-16(18(20,21)22)15(9-23-26)17(27)25-13-7-11-3-4-12(8-13)24-11;/h1-2,5-6,9,11-13,24H,3-4,7-8H2,(H,25,27);1H. The van der Waals surface area contributed by atoms with Crippen molar-refractivity contribution in [1.82, 2.24) is 20.4 Å². The van der Waals surface area contributed by atoms with Crippen LogP contribution in [0.2, 0.25) is 5.02 Å². The van der Waals surface area contributed by atoms with Gasteiger partial charge >= 0.3 is 6.18 Å². The van der Waals surface area contributed by atoms with Crippen LogP contribution in [0.25, 0.3) is 5.69 Å². The van der Waals surface area contributed by atoms with Crippen molar-refractivity contribution >= 4 is 29.9 Å². The van der Waals surface area contributed by atoms with Gasteiger partial charge in [0.15, 0.2) is 5.69 Å². The van der Waals surface area contributed by atoms with Crippen LogP contribution in [0, 0.1) is 0 Å². The van der Waals surface area contributed by atoms with E-state index in [1.807, 2.05) is 0 Å². The Morgan fingerprint density at radius 1 is 1.18 bits per heavy atom. The first kappa shape index (κ1) is 21.0. The van der Waals surface area contributed by atoms with Gasteiger partial charge in [0.25, 0.3) is 5.91 Å². The van der Waals surface area contributed by atoms with Crippen molar-refractivity contribution in [3.63, 3.8) is 0 Å². The average Bonchev–Trinajstić information content (AvgIpc) is 3.19. The lowest BCUT2D eigenvalue weighted by atomic mass is 9.99. The maximum Gasteiger partial charge on any atom is 0.434 e. The number of carbonyl (C=O) groups is 1. The van der Waals surface area contributed by atoms with Gasteiger partial charge in [0, 0.05) is 23.1 Å². The first-order valence-electron chi connectivity index (χ1n) is 8.79. The molecule has 4 rings (SSSR count). The Morgan fingerprint density at radius 3 is 2.36 bits per heavy atom. The van der Waals surface area contributed by atoms with E-state index in [4.69, 9.17) is 11.6 Å². The fraction of sp³-hybridized carbons (Fsp3) is 0.444. The summed E-state index contributed by atoms with van der Waals surface area (Å²) in [6, 6.07) is 6.33. The predicted molar refractivity (Wildman–Crippen MR) is 101 cm³/mol. The maximum atomic E-state index is 13.7. The second-order valence-corrected chi connectivity index (χ2v) is 7.51. The van der Waals surface area contributed by atoms with Gasteiger partial charge in [-0.2, -0.15) is 18.3 Å². The Kier molecular flexibility index (Phi) is 5.93. The van der Waals surface area contributed by atoms with Gasteiger partial charge in [-0.05, 0) is 49.9 Å². The first-order valence-corrected chi connectivity index (χ1v) is 9.17. The summed E-state index contributed by atoms with van der Waals surface area (Å²) in [5, 5.41) is 10.4. The van der Waals surface area contributed by atoms with Gasteiger partial charge in [-0.15, -0.1) is 12.4 Å². The molecule has 5 nitrogen and oxygen atoms in total. The van der Waals surface area contributed by atoms with E-state index in [0.29, 0.717) is 17.1 Å². The van der Waals surface area contributed by atoms with E-state index in [1.165, 1.54) is 24.3 Å². The summed E-state index contributed by atoms with van der Waals surface area (Å²) in [6.45, 7) is 0. The normalized spacial score (nSPS) is 23.9. The fourth-order valence-corrected chi connectivity index (χ4v) is 4.13. The molecular weight excluding hydrogens is 416 g/mol. The van der Waals surface area contributed by atoms with E-state index in [0.717, 1.165) is 36.6 Å². The second kappa shape index (κ2) is 7.93. The largest absolute Gasteiger partial charge is 0.434 e. The number of hydrogen-bond acceptors (Lipinski definition) is 3. The molecule has 28 heavy (non-hydrogen) atoms. The number of hydrogen-bond donors (Lipinski definition) is 2. The zero-order valence-corrected chi connectivity index (χ0v) is 16.2. The van der Waals surface area contributed by atoms with Crippen LogP contribution in [0.3, 0.4) is 0 Å². The number of alkyl halides is 3. The molecule has 10 heteroatoms. The molecule has 2 bridgehead atoms. The minimum Gasteiger partial charge on any atom is -0.349 e. The molecule has 2 saturated heterocycles. The second-order valence-electron chi connectivity index (χ2n) is 7.07. The molecule has 2 aliphatic heterocycles. The molecule has 2 aromatic rings. The molecule has 2 N–H and O–H groups in total. The van der Waals surface area contributed by atoms with Crippen LogP contribution < -0.4 is 10.6 Å². The highest BCUT2D eigenvalue weighted by Gasteiger charge is 2.41. The van der Waals surface area contributed by atoms with Gasteiger partial charge in [0.2, 0.25) is 0 Å². The van der Waals surface area contributed by atoms with Gasteiger partial charge in [0.05, 0.1) is 17.4 Å². The van der Waals surface area contributed by atoms with E-state index in [9.17, 15) is 18.0 Å². The van der Waals surface area contributed by atoms with Crippen LogP contribution in [-0.4, -0.2) is 33.8 Å². The quantitative estimate of drug-likeness (QED) is 0.767. The lowest BCUT2D eigenvalue weighted by Crippen LogP contribution is -2.48. The van der Waals surface area contributed by atoms with Gasteiger partial charge in [-0.25, -0.2) is 4.68 Å². The van der Waals surface area contributed by atoms with Crippen LogP contribution in [0.15, 0.2) is 30.5 Å². The SMILES string of the molecule is Cl.O=C(NC1CC2CCC(C1)N2)c1cnn(-c2ccc(Cl)cc2)c1C(F)(F)F. The fourth-order valence-electron chi connectivity index (χ4n) is 4.00. The van der Waals surface area contributed by atoms with Crippen LogP contribution in [0.1, 0.15) is 41.7 Å². The number of carbonyl (C=O) groups excluding carboxylic acids is 1. The molecule has 2 unspecified atom stereocenters. The van der Waals surface area contributed by atoms with Crippen molar-refractivity contribution in [3.05, 3.63) is 46.7 Å². The highest BCUT2D eigenvalue weighted by atomic mass is 35.5. The monoisotopic (exact) mass is 434 g/mol. The van der Waals surface area contributed by atoms with Crippen LogP contribution in [0.5, 0.6) is 0 Å². The van der Waals surface area contributed by atoms with E-state index in [1.54, 1.807) is 0 Å². The summed E-state index contributed by atoms with van der Waals surface area (Å²) in [5.41, 5.74) is -1.37. The summed E-state index contributed by atoms with van der Waals surface area (Å²) in [5.74, 6) is -0.742. The molecule has 1 amide bonds. The van der Waals surface area contributed by atoms with Crippen LogP contribution in [0.4, 0.5) is 13.2 Å². The van der Waals surface area contributed by atoms with E-state index >= 15 is 0 Å². The minimum atomic E-state index is -4.73. The number of aromatic nitrogens is 2. The lowest BCUT2D eigenvalue weighted by Gasteiger charge is -2.29. The molecule has 2 atom stereocenters. The third kappa shape index (κ3) is 4.14. The predicted octanol–water partition coefficient (Wildman–Crippen LogP) is 3.98. The van der Waals surface area contributed by atoms with Crippen LogP contribution >= 0.6 is 24.0 Å². The lowest BCUT2D eigenvalue weighted by molar-refractivity contribution is -0.143. The summed E-state index contributed by atoms with van der Waals surface area (Å²) in [4.78, 5) is 12.6. The Labute approximate surface area is 171 Å². The average molecular weight is 435 g/mol. The highest BCUT2D eigenvalue weighted by Crippen LogP contribution is 2.34. The summed E-state index contributed by atoms with van der Waals surface area (Å²) in [7, 11) is 0. The molecule has 1 aromatic carbocycles. The van der Waals surface area contributed by atoms with Crippen molar-refractivity contribution in [2.75, 3.05) is 0 Å². The third-order valence-corrected chi connectivity index (χ3v) is 5.41. The topological polar surface area (TPSA) is 59.0 Å². The van der Waals surface area contributed by atoms with E-state index in [-0.39, 0.29) is 24.1 Å². The summed E-state index contributed by atoms with van der Waals surface area (Å²) >= 11 is 5.80. The first-order chi connectivity index (χ1) is 12.8. The van der Waals surface area contributed by atoms with Gasteiger partial charge < -0.3 is 10.6 Å². The van der Waals surface area contributed by atoms with Gasteiger partial charge in [-0.3, -0.25) is 4.79 Å². The molecule has 2 fully saturated rings. The van der Waals surface area contributed by atoms with Crippen molar-refractivity contribution < 1.29 is 18.0 Å². The number of amides is 1. The van der Waals surface area contributed by atoms with Crippen molar-refractivity contribution in [2.45, 2.75) is 50.0 Å². The van der Waals surface area contributed by atoms with Gasteiger partial charge in [-0.1, -0.05) is 11.6 Å². The van der Waals surface area contributed by atoms with Crippen LogP contribution in [-0.2, 0) is 6.18 Å². The Morgan fingerprint density at radius 2 is 1.79 bits per heavy atom. The Hall–Kier alpha value is -1.77. The molecule has 152 valence electrons. The minimum absolute atomic E-state index is 0. The molecular formula is C18H19Cl2F3N4O. The van der Waals surface area contributed by atoms with E-state index in [2.05, 4.69) is 15.7 Å². The molecule has 1 aromatic heterocycles. The number of nitrogens with one attached hydrogen (secondary N) is 2. The number of fused-ring (bicyclic) bond motifs is 2. The Bertz CT molecular complexity index is 842. The van der Waals surface area contributed by atoms with E-state index < -0.39 is 23.3 Å². The zero-order chi connectivity index (χ0) is 19.2. The van der Waals surface area contributed by atoms with Crippen molar-refractivity contribution in [1.29, 1.82) is 0 Å².